The van der Waals surface area contributed by atoms with Gasteiger partial charge < -0.3 is 9.30 Å². The van der Waals surface area contributed by atoms with Crippen LogP contribution in [0.25, 0.3) is 22.2 Å². The second kappa shape index (κ2) is 8.75. The van der Waals surface area contributed by atoms with E-state index in [1.165, 1.54) is 5.56 Å². The Hall–Kier alpha value is -2.98. The van der Waals surface area contributed by atoms with Crippen molar-refractivity contribution in [3.8, 4) is 11.1 Å². The molecule has 33 heavy (non-hydrogen) atoms. The Kier molecular flexibility index (Phi) is 6.15. The van der Waals surface area contributed by atoms with E-state index in [0.717, 1.165) is 39.0 Å². The van der Waals surface area contributed by atoms with E-state index in [4.69, 9.17) is 9.72 Å². The number of ether oxygens (including phenoxy) is 1. The summed E-state index contributed by atoms with van der Waals surface area (Å²) >= 11 is 0. The minimum Gasteiger partial charge on any atom is -0.368 e. The molecule has 0 aliphatic rings. The second-order valence-corrected chi connectivity index (χ2v) is 9.99. The van der Waals surface area contributed by atoms with Gasteiger partial charge in [-0.15, -0.1) is 0 Å². The zero-order valence-corrected chi connectivity index (χ0v) is 20.7. The Morgan fingerprint density at radius 3 is 2.33 bits per heavy atom. The molecule has 0 N–H and O–H groups in total. The Morgan fingerprint density at radius 1 is 1.00 bits per heavy atom. The second-order valence-electron chi connectivity index (χ2n) is 9.99. The van der Waals surface area contributed by atoms with Crippen LogP contribution in [-0.2, 0) is 11.3 Å². The predicted molar refractivity (Wildman–Crippen MR) is 134 cm³/mol. The molecule has 4 aromatic rings. The minimum absolute atomic E-state index is 0.118. The summed E-state index contributed by atoms with van der Waals surface area (Å²) in [6.45, 7) is 14.8. The number of hydrogen-bond donors (Lipinski definition) is 0. The molecule has 0 bridgehead atoms. The van der Waals surface area contributed by atoms with Crippen LogP contribution in [-0.4, -0.2) is 15.2 Å². The first-order valence-corrected chi connectivity index (χ1v) is 11.5. The summed E-state index contributed by atoms with van der Waals surface area (Å²) in [5, 5.41) is 1.08. The maximum atomic E-state index is 14.1. The molecule has 4 rings (SSSR count). The summed E-state index contributed by atoms with van der Waals surface area (Å²) in [7, 11) is 0. The molecule has 2 heterocycles. The Balaban J connectivity index is 1.89. The minimum atomic E-state index is -0.271. The van der Waals surface area contributed by atoms with Crippen LogP contribution in [0.15, 0.2) is 54.7 Å². The third-order valence-electron chi connectivity index (χ3n) is 6.00. The van der Waals surface area contributed by atoms with Crippen molar-refractivity contribution in [3.05, 3.63) is 88.5 Å². The number of rotatable bonds is 5. The van der Waals surface area contributed by atoms with E-state index in [1.54, 1.807) is 13.0 Å². The number of halogens is 1. The highest BCUT2D eigenvalue weighted by Gasteiger charge is 2.25. The lowest BCUT2D eigenvalue weighted by Gasteiger charge is -2.28. The van der Waals surface area contributed by atoms with Crippen molar-refractivity contribution < 1.29 is 9.13 Å². The summed E-state index contributed by atoms with van der Waals surface area (Å²) in [6, 6.07) is 16.2. The van der Waals surface area contributed by atoms with Gasteiger partial charge in [-0.1, -0.05) is 42.0 Å². The summed E-state index contributed by atoms with van der Waals surface area (Å²) in [5.41, 5.74) is 7.79. The molecule has 2 aromatic heterocycles. The van der Waals surface area contributed by atoms with Crippen molar-refractivity contribution >= 4 is 11.0 Å². The van der Waals surface area contributed by atoms with Crippen molar-refractivity contribution in [2.45, 2.75) is 66.7 Å². The number of benzene rings is 2. The SMILES string of the molecule is Cc1ccc(-c2c(C(C)OC(C)(C)C)c(C)nc3c2ccn3Cc2ccc(C)c(F)c2)cc1. The molecule has 0 radical (unpaired) electrons. The molecule has 0 aliphatic heterocycles. The zero-order chi connectivity index (χ0) is 23.9. The number of aromatic nitrogens is 2. The van der Waals surface area contributed by atoms with Gasteiger partial charge in [0.25, 0.3) is 0 Å². The molecule has 0 saturated carbocycles. The van der Waals surface area contributed by atoms with E-state index in [9.17, 15) is 4.39 Å². The van der Waals surface area contributed by atoms with Crippen molar-refractivity contribution in [2.24, 2.45) is 0 Å². The van der Waals surface area contributed by atoms with Crippen LogP contribution in [0.1, 0.15) is 61.7 Å². The Morgan fingerprint density at radius 2 is 1.70 bits per heavy atom. The molecular weight excluding hydrogens is 411 g/mol. The quantitative estimate of drug-likeness (QED) is 0.315. The first-order valence-electron chi connectivity index (χ1n) is 11.5. The fourth-order valence-corrected chi connectivity index (χ4v) is 4.51. The standard InChI is InChI=1S/C29H33FN2O/c1-18-8-12-23(13-9-18)27-24-14-15-32(17-22-11-10-19(2)25(30)16-22)28(24)31-20(3)26(27)21(4)33-29(5,6)7/h8-16,21H,17H2,1-7H3. The van der Waals surface area contributed by atoms with Gasteiger partial charge in [-0.25, -0.2) is 9.37 Å². The van der Waals surface area contributed by atoms with Gasteiger partial charge in [0.15, 0.2) is 0 Å². The van der Waals surface area contributed by atoms with Crippen LogP contribution in [0.3, 0.4) is 0 Å². The molecule has 172 valence electrons. The van der Waals surface area contributed by atoms with Crippen molar-refractivity contribution in [3.63, 3.8) is 0 Å². The van der Waals surface area contributed by atoms with E-state index in [-0.39, 0.29) is 17.5 Å². The monoisotopic (exact) mass is 444 g/mol. The van der Waals surface area contributed by atoms with E-state index in [0.29, 0.717) is 12.1 Å². The predicted octanol–water partition coefficient (Wildman–Crippen LogP) is 7.69. The lowest BCUT2D eigenvalue weighted by atomic mass is 9.92. The van der Waals surface area contributed by atoms with Gasteiger partial charge in [0.2, 0.25) is 0 Å². The normalized spacial score (nSPS) is 13.0. The average Bonchev–Trinajstić information content (AvgIpc) is 3.11. The molecule has 2 aromatic carbocycles. The molecule has 0 fully saturated rings. The molecule has 4 heteroatoms. The third-order valence-corrected chi connectivity index (χ3v) is 6.00. The first-order chi connectivity index (χ1) is 15.5. The van der Waals surface area contributed by atoms with Crippen LogP contribution in [0.2, 0.25) is 0 Å². The molecule has 0 spiro atoms. The summed E-state index contributed by atoms with van der Waals surface area (Å²) in [6.07, 6.45) is 1.93. The van der Waals surface area contributed by atoms with E-state index in [2.05, 4.69) is 76.4 Å². The number of aryl methyl sites for hydroxylation is 3. The number of hydrogen-bond acceptors (Lipinski definition) is 2. The molecule has 0 amide bonds. The largest absolute Gasteiger partial charge is 0.368 e. The van der Waals surface area contributed by atoms with Gasteiger partial charge in [-0.05, 0) is 77.3 Å². The van der Waals surface area contributed by atoms with Gasteiger partial charge >= 0.3 is 0 Å². The highest BCUT2D eigenvalue weighted by Crippen LogP contribution is 2.39. The topological polar surface area (TPSA) is 27.1 Å². The van der Waals surface area contributed by atoms with E-state index >= 15 is 0 Å². The van der Waals surface area contributed by atoms with Crippen LogP contribution < -0.4 is 0 Å². The van der Waals surface area contributed by atoms with Crippen molar-refractivity contribution in [1.82, 2.24) is 9.55 Å². The summed E-state index contributed by atoms with van der Waals surface area (Å²) < 4.78 is 22.6. The van der Waals surface area contributed by atoms with Gasteiger partial charge in [0.1, 0.15) is 11.5 Å². The van der Waals surface area contributed by atoms with Crippen LogP contribution >= 0.6 is 0 Å². The number of nitrogens with zero attached hydrogens (tertiary/aromatic N) is 2. The number of fused-ring (bicyclic) bond motifs is 1. The van der Waals surface area contributed by atoms with Gasteiger partial charge in [0, 0.05) is 34.9 Å². The van der Waals surface area contributed by atoms with Gasteiger partial charge in [0.05, 0.1) is 11.7 Å². The van der Waals surface area contributed by atoms with Gasteiger partial charge in [-0.2, -0.15) is 0 Å². The maximum absolute atomic E-state index is 14.1. The molecular formula is C29H33FN2O. The first kappa shape index (κ1) is 23.2. The molecule has 0 aliphatic carbocycles. The summed E-state index contributed by atoms with van der Waals surface area (Å²) in [4.78, 5) is 5.02. The number of pyridine rings is 1. The third kappa shape index (κ3) is 4.86. The average molecular weight is 445 g/mol. The molecule has 1 unspecified atom stereocenters. The zero-order valence-electron chi connectivity index (χ0n) is 20.7. The summed E-state index contributed by atoms with van der Waals surface area (Å²) in [5.74, 6) is -0.177. The highest BCUT2D eigenvalue weighted by atomic mass is 19.1. The fraction of sp³-hybridized carbons (Fsp3) is 0.345. The highest BCUT2D eigenvalue weighted by molar-refractivity contribution is 5.96. The lowest BCUT2D eigenvalue weighted by Crippen LogP contribution is -2.22. The lowest BCUT2D eigenvalue weighted by molar-refractivity contribution is -0.0530. The Bertz CT molecular complexity index is 1300. The van der Waals surface area contributed by atoms with E-state index < -0.39 is 0 Å². The molecule has 0 saturated heterocycles. The smallest absolute Gasteiger partial charge is 0.141 e. The Labute approximate surface area is 196 Å². The fourth-order valence-electron chi connectivity index (χ4n) is 4.51. The van der Waals surface area contributed by atoms with E-state index in [1.807, 2.05) is 18.3 Å². The maximum Gasteiger partial charge on any atom is 0.141 e. The molecule has 1 atom stereocenters. The van der Waals surface area contributed by atoms with Crippen molar-refractivity contribution in [1.29, 1.82) is 0 Å². The van der Waals surface area contributed by atoms with Gasteiger partial charge in [-0.3, -0.25) is 0 Å². The van der Waals surface area contributed by atoms with Crippen LogP contribution in [0.5, 0.6) is 0 Å². The van der Waals surface area contributed by atoms with Crippen LogP contribution in [0, 0.1) is 26.6 Å². The molecule has 3 nitrogen and oxygen atoms in total. The van der Waals surface area contributed by atoms with Crippen molar-refractivity contribution in [2.75, 3.05) is 0 Å². The van der Waals surface area contributed by atoms with Crippen LogP contribution in [0.4, 0.5) is 4.39 Å².